The number of benzene rings is 5. The van der Waals surface area contributed by atoms with Gasteiger partial charge in [0, 0.05) is 78.1 Å². The number of carbonyl (C=O) groups is 1. The second-order valence-corrected chi connectivity index (χ2v) is 18.6. The molecule has 2 saturated heterocycles. The number of morpholine rings is 1. The van der Waals surface area contributed by atoms with E-state index in [4.69, 9.17) is 26.8 Å². The van der Waals surface area contributed by atoms with Crippen molar-refractivity contribution in [3.05, 3.63) is 147 Å². The van der Waals surface area contributed by atoms with E-state index in [1.165, 1.54) is 17.7 Å². The van der Waals surface area contributed by atoms with Gasteiger partial charge in [0.05, 0.1) is 23.7 Å². The van der Waals surface area contributed by atoms with E-state index >= 15 is 0 Å². The Labute approximate surface area is 366 Å². The van der Waals surface area contributed by atoms with Crippen molar-refractivity contribution in [3.63, 3.8) is 0 Å². The van der Waals surface area contributed by atoms with Crippen molar-refractivity contribution in [1.82, 2.24) is 9.62 Å². The summed E-state index contributed by atoms with van der Waals surface area (Å²) < 4.78 is 41.2. The van der Waals surface area contributed by atoms with Crippen molar-refractivity contribution in [1.29, 1.82) is 0 Å². The van der Waals surface area contributed by atoms with Gasteiger partial charge in [-0.25, -0.2) is 13.1 Å². The number of nitrogens with zero attached hydrogens (tertiary/aromatic N) is 3. The Kier molecular flexibility index (Phi) is 14.3. The number of sulfonamides is 1. The molecule has 1 amide bonds. The zero-order chi connectivity index (χ0) is 43.0. The summed E-state index contributed by atoms with van der Waals surface area (Å²) in [6, 6.07) is 35.4. The monoisotopic (exact) mass is 883 g/mol. The number of methoxy groups -OCH3 is 1. The zero-order valence-corrected chi connectivity index (χ0v) is 36.4. The molecule has 0 bridgehead atoms. The van der Waals surface area contributed by atoms with Crippen molar-refractivity contribution >= 4 is 56.4 Å². The Morgan fingerprint density at radius 1 is 0.934 bits per heavy atom. The normalized spacial score (nSPS) is 16.2. The summed E-state index contributed by atoms with van der Waals surface area (Å²) in [7, 11) is -2.84. The summed E-state index contributed by atoms with van der Waals surface area (Å²) in [6.07, 6.45) is 2.86. The van der Waals surface area contributed by atoms with Crippen LogP contribution in [-0.4, -0.2) is 88.5 Å². The number of thioether (sulfide) groups is 1. The van der Waals surface area contributed by atoms with Crippen LogP contribution in [0.4, 0.5) is 17.1 Å². The maximum Gasteiger partial charge on any atom is 0.296 e. The van der Waals surface area contributed by atoms with Crippen LogP contribution in [0.1, 0.15) is 46.7 Å². The first-order chi connectivity index (χ1) is 29.4. The van der Waals surface area contributed by atoms with Crippen LogP contribution in [0.15, 0.2) is 125 Å². The van der Waals surface area contributed by atoms with E-state index in [9.17, 15) is 23.3 Å². The van der Waals surface area contributed by atoms with Gasteiger partial charge in [0.15, 0.2) is 0 Å². The number of nitro groups is 1. The smallest absolute Gasteiger partial charge is 0.296 e. The molecule has 0 saturated carbocycles. The molecule has 2 aliphatic rings. The predicted molar refractivity (Wildman–Crippen MR) is 242 cm³/mol. The fourth-order valence-electron chi connectivity index (χ4n) is 8.20. The largest absolute Gasteiger partial charge is 0.392 e. The number of piperidine rings is 1. The van der Waals surface area contributed by atoms with Gasteiger partial charge in [-0.2, -0.15) is 0 Å². The third kappa shape index (κ3) is 10.7. The fourth-order valence-corrected chi connectivity index (χ4v) is 10.5. The molecule has 2 aliphatic heterocycles. The van der Waals surface area contributed by atoms with E-state index in [1.54, 1.807) is 43.1 Å². The van der Waals surface area contributed by atoms with Crippen LogP contribution in [0, 0.1) is 10.1 Å². The number of anilines is 2. The molecule has 5 aromatic carbocycles. The highest BCUT2D eigenvalue weighted by atomic mass is 35.5. The van der Waals surface area contributed by atoms with Gasteiger partial charge in [0.1, 0.15) is 10.6 Å². The molecule has 0 spiro atoms. The molecule has 1 atom stereocenters. The van der Waals surface area contributed by atoms with Gasteiger partial charge in [-0.3, -0.25) is 19.8 Å². The number of carbonyl (C=O) groups excluding carboxylic acids is 1. The third-order valence-electron chi connectivity index (χ3n) is 11.7. The Morgan fingerprint density at radius 3 is 2.28 bits per heavy atom. The van der Waals surface area contributed by atoms with Gasteiger partial charge in [0.2, 0.25) is 0 Å². The van der Waals surface area contributed by atoms with Crippen molar-refractivity contribution in [3.8, 4) is 11.1 Å². The van der Waals surface area contributed by atoms with E-state index in [0.29, 0.717) is 55.6 Å². The topological polar surface area (TPSA) is 157 Å². The molecule has 0 radical (unpaired) electrons. The predicted octanol–water partition coefficient (Wildman–Crippen LogP) is 8.44. The number of halogens is 1. The Morgan fingerprint density at radius 2 is 1.61 bits per heavy atom. The first-order valence-electron chi connectivity index (χ1n) is 20.3. The first kappa shape index (κ1) is 44.1. The molecule has 12 nitrogen and oxygen atoms in total. The van der Waals surface area contributed by atoms with Gasteiger partial charge in [-0.15, -0.1) is 11.8 Å². The highest BCUT2D eigenvalue weighted by Gasteiger charge is 2.36. The summed E-state index contributed by atoms with van der Waals surface area (Å²) in [4.78, 5) is 30.4. The van der Waals surface area contributed by atoms with E-state index in [1.807, 2.05) is 66.7 Å². The molecule has 7 rings (SSSR count). The molecule has 3 N–H and O–H groups in total. The van der Waals surface area contributed by atoms with Gasteiger partial charge in [0.25, 0.3) is 21.6 Å². The number of nitro benzene ring substituents is 1. The number of nitrogen functional groups attached to an aromatic ring is 1. The minimum absolute atomic E-state index is 0.111. The van der Waals surface area contributed by atoms with Crippen LogP contribution in [0.3, 0.4) is 0 Å². The molecule has 0 aromatic heterocycles. The molecule has 0 aliphatic carbocycles. The van der Waals surface area contributed by atoms with E-state index in [0.717, 1.165) is 54.1 Å². The molecule has 61 heavy (non-hydrogen) atoms. The van der Waals surface area contributed by atoms with Crippen molar-refractivity contribution in [2.75, 3.05) is 69.4 Å². The number of hydrogen-bond acceptors (Lipinski definition) is 11. The molecule has 5 aromatic rings. The lowest BCUT2D eigenvalue weighted by molar-refractivity contribution is -0.384. The quantitative estimate of drug-likeness (QED) is 0.0424. The lowest BCUT2D eigenvalue weighted by atomic mass is 9.82. The number of rotatable bonds is 16. The molecule has 15 heteroatoms. The Hall–Kier alpha value is -4.96. The number of amides is 1. The first-order valence-corrected chi connectivity index (χ1v) is 23.2. The lowest BCUT2D eigenvalue weighted by Gasteiger charge is -2.42. The molecule has 0 unspecified atom stereocenters. The lowest BCUT2D eigenvalue weighted by Crippen LogP contribution is -2.47. The van der Waals surface area contributed by atoms with Crippen LogP contribution in [0.2, 0.25) is 5.02 Å². The maximum atomic E-state index is 13.7. The van der Waals surface area contributed by atoms with E-state index in [-0.39, 0.29) is 17.1 Å². The maximum absolute atomic E-state index is 13.7. The van der Waals surface area contributed by atoms with Crippen molar-refractivity contribution < 1.29 is 27.6 Å². The molecule has 2 heterocycles. The zero-order valence-electron chi connectivity index (χ0n) is 34.0. The molecule has 320 valence electrons. The third-order valence-corrected chi connectivity index (χ3v) is 14.5. The SMILES string of the molecule is COC1(Cc2ccccc2-c2ccc(Cl)cc2)CCN(c2ccc(C(=O)NS(=O)(=O)c3ccc([C@@H](CCN4CCOCC4)CSc4ccccc4)c([N+](=O)[O-])c3N)cc2)CC1. The van der Waals surface area contributed by atoms with Crippen molar-refractivity contribution in [2.45, 2.75) is 47.0 Å². The Bertz CT molecular complexity index is 2410. The Balaban J connectivity index is 1.02. The van der Waals surface area contributed by atoms with Crippen LogP contribution in [-0.2, 0) is 25.9 Å². The number of ether oxygens (including phenoxy) is 2. The summed E-state index contributed by atoms with van der Waals surface area (Å²) in [5.41, 5.74) is 9.79. The van der Waals surface area contributed by atoms with E-state index in [2.05, 4.69) is 26.7 Å². The summed E-state index contributed by atoms with van der Waals surface area (Å²) in [5.74, 6) is -0.683. The van der Waals surface area contributed by atoms with Crippen LogP contribution in [0.5, 0.6) is 0 Å². The van der Waals surface area contributed by atoms with Gasteiger partial charge >= 0.3 is 0 Å². The second-order valence-electron chi connectivity index (χ2n) is 15.4. The highest BCUT2D eigenvalue weighted by Crippen LogP contribution is 2.40. The number of nitrogens with two attached hydrogens (primary N) is 1. The number of hydrogen-bond donors (Lipinski definition) is 2. The summed E-state index contributed by atoms with van der Waals surface area (Å²) in [5, 5.41) is 13.3. The van der Waals surface area contributed by atoms with Gasteiger partial charge in [-0.05, 0) is 97.1 Å². The summed E-state index contributed by atoms with van der Waals surface area (Å²) in [6.45, 7) is 4.87. The second kappa shape index (κ2) is 19.8. The highest BCUT2D eigenvalue weighted by molar-refractivity contribution is 7.99. The van der Waals surface area contributed by atoms with Crippen LogP contribution >= 0.6 is 23.4 Å². The minimum atomic E-state index is -4.60. The van der Waals surface area contributed by atoms with E-state index < -0.39 is 37.1 Å². The molecular formula is C46H50ClN5O7S2. The fraction of sp³-hybridized carbons (Fsp3) is 0.326. The average molecular weight is 885 g/mol. The minimum Gasteiger partial charge on any atom is -0.392 e. The van der Waals surface area contributed by atoms with Crippen LogP contribution < -0.4 is 15.4 Å². The standard InChI is InChI=1S/C46H50ClN5O7S2/c1-58-46(31-35-7-5-6-10-40(35)33-11-15-37(47)16-12-33)22-25-51(26-23-46)38-17-13-34(14-18-38)45(53)49-61(56,57)42-20-19-41(44(43(42)48)52(54)55)36(21-24-50-27-29-59-30-28-50)32-60-39-8-3-2-4-9-39/h2-20,36H,21-32,48H2,1H3,(H,49,53)/t36-/m0/s1. The molecule has 2 fully saturated rings. The molecular weight excluding hydrogens is 834 g/mol. The average Bonchev–Trinajstić information content (AvgIpc) is 3.27. The van der Waals surface area contributed by atoms with Gasteiger partial charge in [-0.1, -0.05) is 72.3 Å². The van der Waals surface area contributed by atoms with Gasteiger partial charge < -0.3 is 20.1 Å². The summed E-state index contributed by atoms with van der Waals surface area (Å²) >= 11 is 7.73. The van der Waals surface area contributed by atoms with Crippen molar-refractivity contribution in [2.24, 2.45) is 0 Å². The van der Waals surface area contributed by atoms with Crippen LogP contribution in [0.25, 0.3) is 11.1 Å². The number of nitrogens with one attached hydrogen (secondary N) is 1.